The van der Waals surface area contributed by atoms with Crippen LogP contribution in [0.4, 0.5) is 0 Å². The van der Waals surface area contributed by atoms with E-state index in [4.69, 9.17) is 0 Å². The minimum Gasteiger partial charge on any atom is -0.335 e. The number of fused-ring (bicyclic) bond motifs is 1. The molecule has 1 saturated heterocycles. The molecule has 0 N–H and O–H groups in total. The molecule has 124 valence electrons. The van der Waals surface area contributed by atoms with E-state index in [-0.39, 0.29) is 5.91 Å². The van der Waals surface area contributed by atoms with Crippen molar-refractivity contribution in [3.63, 3.8) is 0 Å². The minimum absolute atomic E-state index is 0.170. The average molecular weight is 331 g/mol. The van der Waals surface area contributed by atoms with Crippen molar-refractivity contribution in [3.05, 3.63) is 22.0 Å². The monoisotopic (exact) mass is 331 g/mol. The number of aromatic nitrogens is 2. The number of carbonyl (C=O) groups is 1. The van der Waals surface area contributed by atoms with E-state index in [9.17, 15) is 4.79 Å². The van der Waals surface area contributed by atoms with Crippen molar-refractivity contribution in [2.45, 2.75) is 59.9 Å². The summed E-state index contributed by atoms with van der Waals surface area (Å²) in [6, 6.07) is 0.311. The van der Waals surface area contributed by atoms with E-state index in [2.05, 4.69) is 28.7 Å². The summed E-state index contributed by atoms with van der Waals surface area (Å²) < 4.78 is 0. The first-order chi connectivity index (χ1) is 10.9. The summed E-state index contributed by atoms with van der Waals surface area (Å²) in [5.41, 5.74) is 2.01. The summed E-state index contributed by atoms with van der Waals surface area (Å²) in [5.74, 6) is 1.51. The molecule has 0 bridgehead atoms. The average Bonchev–Trinajstić information content (AvgIpc) is 2.70. The van der Waals surface area contributed by atoms with Crippen LogP contribution < -0.4 is 0 Å². The lowest BCUT2D eigenvalue weighted by atomic mass is 10.1. The van der Waals surface area contributed by atoms with Crippen LogP contribution in [0, 0.1) is 26.7 Å². The van der Waals surface area contributed by atoms with E-state index in [1.54, 1.807) is 0 Å². The van der Waals surface area contributed by atoms with Crippen molar-refractivity contribution in [2.24, 2.45) is 5.92 Å². The Kier molecular flexibility index (Phi) is 4.41. The SMILES string of the molecule is Cc1nc(C)c2c(C)c(C(=O)N3C[C@@H](C)CCC[C@@H]3C)sc2n1. The molecule has 0 radical (unpaired) electrons. The molecule has 0 unspecified atom stereocenters. The zero-order valence-corrected chi connectivity index (χ0v) is 15.5. The smallest absolute Gasteiger partial charge is 0.264 e. The van der Waals surface area contributed by atoms with Gasteiger partial charge in [-0.3, -0.25) is 4.79 Å². The molecule has 1 fully saturated rings. The number of rotatable bonds is 1. The Labute approximate surface area is 141 Å². The van der Waals surface area contributed by atoms with Crippen LogP contribution in [0.15, 0.2) is 0 Å². The van der Waals surface area contributed by atoms with Gasteiger partial charge in [0.15, 0.2) is 0 Å². The molecule has 1 amide bonds. The fraction of sp³-hybridized carbons (Fsp3) is 0.611. The molecule has 3 heterocycles. The highest BCUT2D eigenvalue weighted by molar-refractivity contribution is 7.20. The van der Waals surface area contributed by atoms with Crippen LogP contribution in [0.25, 0.3) is 10.2 Å². The lowest BCUT2D eigenvalue weighted by Gasteiger charge is -2.28. The van der Waals surface area contributed by atoms with Crippen LogP contribution in [0.2, 0.25) is 0 Å². The summed E-state index contributed by atoms with van der Waals surface area (Å²) >= 11 is 1.52. The maximum absolute atomic E-state index is 13.2. The van der Waals surface area contributed by atoms with Gasteiger partial charge in [-0.2, -0.15) is 0 Å². The van der Waals surface area contributed by atoms with Crippen LogP contribution in [0.1, 0.15) is 59.9 Å². The van der Waals surface area contributed by atoms with E-state index < -0.39 is 0 Å². The fourth-order valence-corrected chi connectivity index (χ4v) is 4.85. The molecule has 0 saturated carbocycles. The van der Waals surface area contributed by atoms with Gasteiger partial charge >= 0.3 is 0 Å². The van der Waals surface area contributed by atoms with Gasteiger partial charge in [-0.1, -0.05) is 13.3 Å². The van der Waals surface area contributed by atoms with Gasteiger partial charge in [-0.05, 0) is 52.0 Å². The van der Waals surface area contributed by atoms with E-state index in [1.165, 1.54) is 24.2 Å². The largest absolute Gasteiger partial charge is 0.335 e. The number of nitrogens with zero attached hydrogens (tertiary/aromatic N) is 3. The molecule has 2 aromatic heterocycles. The van der Waals surface area contributed by atoms with Crippen molar-refractivity contribution in [3.8, 4) is 0 Å². The second-order valence-electron chi connectivity index (χ2n) is 6.94. The second-order valence-corrected chi connectivity index (χ2v) is 7.93. The Morgan fingerprint density at radius 1 is 1.17 bits per heavy atom. The maximum atomic E-state index is 13.2. The van der Waals surface area contributed by atoms with E-state index >= 15 is 0 Å². The number of aryl methyl sites for hydroxylation is 3. The minimum atomic E-state index is 0.170. The van der Waals surface area contributed by atoms with Crippen LogP contribution >= 0.6 is 11.3 Å². The zero-order valence-electron chi connectivity index (χ0n) is 14.6. The molecular weight excluding hydrogens is 306 g/mol. The van der Waals surface area contributed by atoms with Crippen LogP contribution in [-0.4, -0.2) is 33.4 Å². The zero-order chi connectivity index (χ0) is 16.7. The first-order valence-corrected chi connectivity index (χ1v) is 9.25. The van der Waals surface area contributed by atoms with E-state index in [0.717, 1.165) is 45.1 Å². The Hall–Kier alpha value is -1.49. The van der Waals surface area contributed by atoms with Gasteiger partial charge in [0.2, 0.25) is 0 Å². The third-order valence-corrected chi connectivity index (χ3v) is 6.07. The molecule has 1 aliphatic rings. The number of amides is 1. The van der Waals surface area contributed by atoms with Crippen molar-refractivity contribution in [1.82, 2.24) is 14.9 Å². The fourth-order valence-electron chi connectivity index (χ4n) is 3.62. The van der Waals surface area contributed by atoms with Gasteiger partial charge in [-0.25, -0.2) is 9.97 Å². The number of carbonyl (C=O) groups excluding carboxylic acids is 1. The molecule has 2 aromatic rings. The molecule has 2 atom stereocenters. The van der Waals surface area contributed by atoms with E-state index in [1.807, 2.05) is 20.8 Å². The quantitative estimate of drug-likeness (QED) is 0.784. The highest BCUT2D eigenvalue weighted by Crippen LogP contribution is 2.33. The lowest BCUT2D eigenvalue weighted by Crippen LogP contribution is -2.39. The molecule has 0 aliphatic carbocycles. The van der Waals surface area contributed by atoms with E-state index in [0.29, 0.717) is 12.0 Å². The normalized spacial score (nSPS) is 22.4. The van der Waals surface area contributed by atoms with Gasteiger partial charge in [0.1, 0.15) is 10.7 Å². The maximum Gasteiger partial charge on any atom is 0.264 e. The third-order valence-electron chi connectivity index (χ3n) is 4.90. The van der Waals surface area contributed by atoms with Gasteiger partial charge in [0, 0.05) is 23.7 Å². The first-order valence-electron chi connectivity index (χ1n) is 8.43. The van der Waals surface area contributed by atoms with Crippen LogP contribution in [0.5, 0.6) is 0 Å². The second kappa shape index (κ2) is 6.19. The van der Waals surface area contributed by atoms with Crippen molar-refractivity contribution < 1.29 is 4.79 Å². The molecular formula is C18H25N3OS. The van der Waals surface area contributed by atoms with Crippen LogP contribution in [0.3, 0.4) is 0 Å². The Morgan fingerprint density at radius 3 is 2.65 bits per heavy atom. The number of hydrogen-bond acceptors (Lipinski definition) is 4. The molecule has 3 rings (SSSR count). The number of hydrogen-bond donors (Lipinski definition) is 0. The Morgan fingerprint density at radius 2 is 1.91 bits per heavy atom. The molecule has 0 aromatic carbocycles. The number of likely N-dealkylation sites (tertiary alicyclic amines) is 1. The topological polar surface area (TPSA) is 46.1 Å². The highest BCUT2D eigenvalue weighted by Gasteiger charge is 2.29. The molecule has 0 spiro atoms. The predicted octanol–water partition coefficient (Wildman–Crippen LogP) is 4.27. The molecule has 4 nitrogen and oxygen atoms in total. The molecule has 23 heavy (non-hydrogen) atoms. The lowest BCUT2D eigenvalue weighted by molar-refractivity contribution is 0.0682. The van der Waals surface area contributed by atoms with Crippen molar-refractivity contribution in [2.75, 3.05) is 6.54 Å². The summed E-state index contributed by atoms with van der Waals surface area (Å²) in [5, 5.41) is 1.06. The summed E-state index contributed by atoms with van der Waals surface area (Å²) in [7, 11) is 0. The summed E-state index contributed by atoms with van der Waals surface area (Å²) in [4.78, 5) is 26.0. The Balaban J connectivity index is 2.03. The first kappa shape index (κ1) is 16.4. The summed E-state index contributed by atoms with van der Waals surface area (Å²) in [6.07, 6.45) is 3.52. The van der Waals surface area contributed by atoms with Crippen molar-refractivity contribution in [1.29, 1.82) is 0 Å². The summed E-state index contributed by atoms with van der Waals surface area (Å²) in [6.45, 7) is 11.2. The third kappa shape index (κ3) is 2.99. The van der Waals surface area contributed by atoms with Gasteiger partial charge < -0.3 is 4.90 Å². The van der Waals surface area contributed by atoms with Gasteiger partial charge in [0.05, 0.1) is 4.88 Å². The number of thiophene rings is 1. The van der Waals surface area contributed by atoms with Gasteiger partial charge in [-0.15, -0.1) is 11.3 Å². The standard InChI is InChI=1S/C18H25N3OS/c1-10-7-6-8-11(2)21(9-10)18(22)16-12(3)15-13(4)19-14(5)20-17(15)23-16/h10-11H,6-9H2,1-5H3/t10-,11-/m0/s1. The molecule has 1 aliphatic heterocycles. The van der Waals surface area contributed by atoms with Crippen LogP contribution in [-0.2, 0) is 0 Å². The van der Waals surface area contributed by atoms with Gasteiger partial charge in [0.25, 0.3) is 5.91 Å². The molecule has 5 heteroatoms. The van der Waals surface area contributed by atoms with Crippen molar-refractivity contribution >= 4 is 27.5 Å². The highest BCUT2D eigenvalue weighted by atomic mass is 32.1. The predicted molar refractivity (Wildman–Crippen MR) is 95.1 cm³/mol. The Bertz CT molecular complexity index is 752.